The average Bonchev–Trinajstić information content (AvgIpc) is 2.05. The van der Waals surface area contributed by atoms with Gasteiger partial charge < -0.3 is 0 Å². The van der Waals surface area contributed by atoms with Crippen LogP contribution in [0.5, 0.6) is 0 Å². The maximum Gasteiger partial charge on any atom is 0.252 e. The van der Waals surface area contributed by atoms with Crippen LogP contribution in [0.4, 0.5) is 0 Å². The van der Waals surface area contributed by atoms with E-state index in [1.165, 1.54) is 0 Å². The number of carbonyl (C=O) groups excluding carboxylic acids is 1. The molecule has 0 radical (unpaired) electrons. The summed E-state index contributed by atoms with van der Waals surface area (Å²) in [5, 5.41) is -0.405. The van der Waals surface area contributed by atoms with Gasteiger partial charge in [-0.3, -0.25) is 4.79 Å². The van der Waals surface area contributed by atoms with Crippen molar-refractivity contribution in [3.05, 3.63) is 29.8 Å². The fourth-order valence-electron chi connectivity index (χ4n) is 0.722. The zero-order valence-electron chi connectivity index (χ0n) is 6.00. The Morgan fingerprint density at radius 2 is 1.91 bits per heavy atom. The van der Waals surface area contributed by atoms with Gasteiger partial charge in [0, 0.05) is 10.5 Å². The van der Waals surface area contributed by atoms with Gasteiger partial charge in [-0.2, -0.15) is 0 Å². The van der Waals surface area contributed by atoms with E-state index >= 15 is 0 Å². The molecule has 11 heavy (non-hydrogen) atoms. The monoisotopic (exact) mass is 186 g/mol. The van der Waals surface area contributed by atoms with E-state index in [-0.39, 0.29) is 0 Å². The lowest BCUT2D eigenvalue weighted by Crippen LogP contribution is -1.86. The fraction of sp³-hybridized carbons (Fsp3) is 0.125. The quantitative estimate of drug-likeness (QED) is 0.522. The number of rotatable bonds is 2. The maximum absolute atomic E-state index is 10.6. The molecule has 1 aromatic rings. The zero-order chi connectivity index (χ0) is 8.27. The van der Waals surface area contributed by atoms with Crippen LogP contribution in [0, 0.1) is 0 Å². The molecule has 0 fully saturated rings. The lowest BCUT2D eigenvalue weighted by molar-refractivity contribution is 0.108. The highest BCUT2D eigenvalue weighted by Crippen LogP contribution is 2.15. The standard InChI is InChI=1S/C8H7ClOS/c1-11-7-4-2-6(3-5-7)8(9)10/h2-5H,1H3. The maximum atomic E-state index is 10.6. The van der Waals surface area contributed by atoms with Crippen molar-refractivity contribution in [1.29, 1.82) is 0 Å². The molecular formula is C8H7ClOS. The normalized spacial score (nSPS) is 9.64. The molecule has 3 heteroatoms. The summed E-state index contributed by atoms with van der Waals surface area (Å²) in [5.74, 6) is 0. The molecule has 0 aliphatic heterocycles. The van der Waals surface area contributed by atoms with Crippen LogP contribution in [0.15, 0.2) is 29.2 Å². The van der Waals surface area contributed by atoms with Gasteiger partial charge in [0.25, 0.3) is 5.24 Å². The lowest BCUT2D eigenvalue weighted by atomic mass is 10.2. The minimum atomic E-state index is -0.405. The van der Waals surface area contributed by atoms with Crippen LogP contribution in [0.25, 0.3) is 0 Å². The van der Waals surface area contributed by atoms with E-state index in [1.54, 1.807) is 23.9 Å². The highest BCUT2D eigenvalue weighted by Gasteiger charge is 1.99. The van der Waals surface area contributed by atoms with Crippen LogP contribution in [0.1, 0.15) is 10.4 Å². The molecule has 0 heterocycles. The minimum Gasteiger partial charge on any atom is -0.276 e. The second-order valence-corrected chi connectivity index (χ2v) is 3.23. The van der Waals surface area contributed by atoms with Crippen LogP contribution in [0.3, 0.4) is 0 Å². The summed E-state index contributed by atoms with van der Waals surface area (Å²) in [6, 6.07) is 7.20. The van der Waals surface area contributed by atoms with Gasteiger partial charge in [0.05, 0.1) is 0 Å². The predicted molar refractivity (Wildman–Crippen MR) is 48.4 cm³/mol. The van der Waals surface area contributed by atoms with Crippen molar-refractivity contribution >= 4 is 28.6 Å². The van der Waals surface area contributed by atoms with Crippen LogP contribution >= 0.6 is 23.4 Å². The van der Waals surface area contributed by atoms with Gasteiger partial charge in [0.1, 0.15) is 0 Å². The van der Waals surface area contributed by atoms with Gasteiger partial charge in [0.15, 0.2) is 0 Å². The molecule has 0 aromatic heterocycles. The van der Waals surface area contributed by atoms with Crippen LogP contribution in [-0.2, 0) is 0 Å². The largest absolute Gasteiger partial charge is 0.276 e. The Morgan fingerprint density at radius 3 is 2.27 bits per heavy atom. The Bertz CT molecular complexity index is 255. The predicted octanol–water partition coefficient (Wildman–Crippen LogP) is 2.79. The van der Waals surface area contributed by atoms with Crippen molar-refractivity contribution in [3.8, 4) is 0 Å². The minimum absolute atomic E-state index is 0.405. The second-order valence-electron chi connectivity index (χ2n) is 2.00. The Hall–Kier alpha value is -0.470. The molecule has 1 rings (SSSR count). The van der Waals surface area contributed by atoms with E-state index in [1.807, 2.05) is 18.4 Å². The zero-order valence-corrected chi connectivity index (χ0v) is 7.58. The number of hydrogen-bond donors (Lipinski definition) is 0. The Balaban J connectivity index is 2.91. The third-order valence-electron chi connectivity index (χ3n) is 1.32. The van der Waals surface area contributed by atoms with Crippen molar-refractivity contribution in [2.75, 3.05) is 6.26 Å². The smallest absolute Gasteiger partial charge is 0.252 e. The molecule has 0 spiro atoms. The van der Waals surface area contributed by atoms with Gasteiger partial charge in [0.2, 0.25) is 0 Å². The molecule has 1 nitrogen and oxygen atoms in total. The molecule has 1 aromatic carbocycles. The van der Waals surface area contributed by atoms with Gasteiger partial charge in [-0.25, -0.2) is 0 Å². The summed E-state index contributed by atoms with van der Waals surface area (Å²) < 4.78 is 0. The second kappa shape index (κ2) is 3.79. The van der Waals surface area contributed by atoms with Crippen LogP contribution in [0.2, 0.25) is 0 Å². The van der Waals surface area contributed by atoms with Crippen molar-refractivity contribution in [1.82, 2.24) is 0 Å². The molecule has 0 aliphatic carbocycles. The first-order chi connectivity index (χ1) is 5.24. The third kappa shape index (κ3) is 2.24. The number of halogens is 1. The summed E-state index contributed by atoms with van der Waals surface area (Å²) in [7, 11) is 0. The molecule has 0 N–H and O–H groups in total. The summed E-state index contributed by atoms with van der Waals surface area (Å²) in [6.45, 7) is 0. The van der Waals surface area contributed by atoms with Crippen LogP contribution < -0.4 is 0 Å². The first kappa shape index (κ1) is 8.62. The van der Waals surface area contributed by atoms with E-state index in [2.05, 4.69) is 0 Å². The topological polar surface area (TPSA) is 17.1 Å². The van der Waals surface area contributed by atoms with E-state index in [9.17, 15) is 4.79 Å². The van der Waals surface area contributed by atoms with Gasteiger partial charge in [-0.05, 0) is 42.1 Å². The summed E-state index contributed by atoms with van der Waals surface area (Å²) in [6.07, 6.45) is 1.98. The summed E-state index contributed by atoms with van der Waals surface area (Å²) in [4.78, 5) is 11.7. The number of thioether (sulfide) groups is 1. The summed E-state index contributed by atoms with van der Waals surface area (Å²) >= 11 is 6.89. The highest BCUT2D eigenvalue weighted by atomic mass is 35.5. The first-order valence-corrected chi connectivity index (χ1v) is 4.68. The first-order valence-electron chi connectivity index (χ1n) is 3.08. The number of benzene rings is 1. The molecule has 58 valence electrons. The van der Waals surface area contributed by atoms with Crippen molar-refractivity contribution in [3.63, 3.8) is 0 Å². The highest BCUT2D eigenvalue weighted by molar-refractivity contribution is 7.98. The summed E-state index contributed by atoms with van der Waals surface area (Å²) in [5.41, 5.74) is 0.546. The van der Waals surface area contributed by atoms with Crippen molar-refractivity contribution in [2.45, 2.75) is 4.90 Å². The van der Waals surface area contributed by atoms with Gasteiger partial charge >= 0.3 is 0 Å². The Kier molecular flexibility index (Phi) is 2.97. The van der Waals surface area contributed by atoms with Gasteiger partial charge in [-0.15, -0.1) is 11.8 Å². The molecule has 0 saturated carbocycles. The van der Waals surface area contributed by atoms with E-state index in [0.717, 1.165) is 4.90 Å². The molecule has 0 amide bonds. The Labute approximate surface area is 74.7 Å². The van der Waals surface area contributed by atoms with Crippen molar-refractivity contribution in [2.24, 2.45) is 0 Å². The molecule has 0 unspecified atom stereocenters. The van der Waals surface area contributed by atoms with E-state index in [0.29, 0.717) is 5.56 Å². The van der Waals surface area contributed by atoms with E-state index in [4.69, 9.17) is 11.6 Å². The van der Waals surface area contributed by atoms with Crippen molar-refractivity contribution < 1.29 is 4.79 Å². The molecular weight excluding hydrogens is 180 g/mol. The Morgan fingerprint density at radius 1 is 1.36 bits per heavy atom. The lowest BCUT2D eigenvalue weighted by Gasteiger charge is -1.95. The van der Waals surface area contributed by atoms with Crippen LogP contribution in [-0.4, -0.2) is 11.5 Å². The van der Waals surface area contributed by atoms with E-state index < -0.39 is 5.24 Å². The molecule has 0 atom stereocenters. The molecule has 0 saturated heterocycles. The molecule has 0 aliphatic rings. The fourth-order valence-corrected chi connectivity index (χ4v) is 1.26. The molecule has 0 bridgehead atoms. The van der Waals surface area contributed by atoms with Gasteiger partial charge in [-0.1, -0.05) is 0 Å². The number of carbonyl (C=O) groups is 1. The SMILES string of the molecule is CSc1ccc(C(=O)Cl)cc1. The third-order valence-corrected chi connectivity index (χ3v) is 2.28. The number of hydrogen-bond acceptors (Lipinski definition) is 2. The average molecular weight is 187 g/mol.